The van der Waals surface area contributed by atoms with E-state index in [1.807, 2.05) is 40.0 Å². The van der Waals surface area contributed by atoms with Crippen molar-refractivity contribution in [3.05, 3.63) is 52.3 Å². The lowest BCUT2D eigenvalue weighted by atomic mass is 9.96. The predicted molar refractivity (Wildman–Crippen MR) is 71.9 cm³/mol. The van der Waals surface area contributed by atoms with Crippen LogP contribution in [0.1, 0.15) is 32.7 Å². The van der Waals surface area contributed by atoms with E-state index in [9.17, 15) is 4.79 Å². The van der Waals surface area contributed by atoms with Crippen LogP contribution >= 0.6 is 0 Å². The van der Waals surface area contributed by atoms with Crippen molar-refractivity contribution in [1.29, 1.82) is 0 Å². The highest BCUT2D eigenvalue weighted by Gasteiger charge is 2.13. The molecule has 0 saturated carbocycles. The van der Waals surface area contributed by atoms with Crippen LogP contribution < -0.4 is 0 Å². The zero-order chi connectivity index (χ0) is 13.3. The van der Waals surface area contributed by atoms with Crippen molar-refractivity contribution < 1.29 is 4.79 Å². The predicted octanol–water partition coefficient (Wildman–Crippen LogP) is 3.00. The second-order valence-corrected chi connectivity index (χ2v) is 4.85. The van der Waals surface area contributed by atoms with E-state index >= 15 is 0 Å². The van der Waals surface area contributed by atoms with E-state index < -0.39 is 0 Å². The maximum absolute atomic E-state index is 12.3. The topological polar surface area (TPSA) is 34.9 Å². The van der Waals surface area contributed by atoms with Gasteiger partial charge in [-0.05, 0) is 44.9 Å². The third-order valence-electron chi connectivity index (χ3n) is 3.04. The Balaban J connectivity index is 2.29. The Labute approximate surface area is 107 Å². The highest BCUT2D eigenvalue weighted by atomic mass is 16.1. The standard InChI is InChI=1S/C15H18N2O/c1-10-7-11(2)15(12(3)8-10)14(18)9-17-6-5-13(4)16-17/h5-8H,9H2,1-4H3. The summed E-state index contributed by atoms with van der Waals surface area (Å²) in [5.41, 5.74) is 5.04. The van der Waals surface area contributed by atoms with Gasteiger partial charge >= 0.3 is 0 Å². The Morgan fingerprint density at radius 3 is 2.28 bits per heavy atom. The number of carbonyl (C=O) groups excluding carboxylic acids is 1. The molecular formula is C15H18N2O. The molecule has 0 radical (unpaired) electrons. The summed E-state index contributed by atoms with van der Waals surface area (Å²) >= 11 is 0. The van der Waals surface area contributed by atoms with Crippen LogP contribution in [0.4, 0.5) is 0 Å². The van der Waals surface area contributed by atoms with Gasteiger partial charge in [0, 0.05) is 11.8 Å². The molecule has 0 atom stereocenters. The molecule has 0 unspecified atom stereocenters. The van der Waals surface area contributed by atoms with E-state index in [-0.39, 0.29) is 5.78 Å². The molecule has 0 amide bonds. The SMILES string of the molecule is Cc1cc(C)c(C(=O)Cn2ccc(C)n2)c(C)c1. The second kappa shape index (κ2) is 4.77. The van der Waals surface area contributed by atoms with Crippen LogP contribution in [0.2, 0.25) is 0 Å². The first kappa shape index (κ1) is 12.6. The Bertz CT molecular complexity index is 573. The largest absolute Gasteiger partial charge is 0.292 e. The molecule has 0 aliphatic heterocycles. The molecule has 94 valence electrons. The molecule has 0 N–H and O–H groups in total. The van der Waals surface area contributed by atoms with E-state index in [1.54, 1.807) is 4.68 Å². The zero-order valence-electron chi connectivity index (χ0n) is 11.3. The van der Waals surface area contributed by atoms with Crippen LogP contribution in [0, 0.1) is 27.7 Å². The van der Waals surface area contributed by atoms with Gasteiger partial charge < -0.3 is 0 Å². The number of benzene rings is 1. The number of aryl methyl sites for hydroxylation is 4. The summed E-state index contributed by atoms with van der Waals surface area (Å²) < 4.78 is 1.69. The lowest BCUT2D eigenvalue weighted by Gasteiger charge is -2.10. The summed E-state index contributed by atoms with van der Waals surface area (Å²) in [7, 11) is 0. The third kappa shape index (κ3) is 2.50. The summed E-state index contributed by atoms with van der Waals surface area (Å²) in [4.78, 5) is 12.3. The molecule has 0 saturated heterocycles. The molecule has 0 fully saturated rings. The molecule has 1 aromatic heterocycles. The summed E-state index contributed by atoms with van der Waals surface area (Å²) in [6, 6.07) is 6.01. The summed E-state index contributed by atoms with van der Waals surface area (Å²) in [6.45, 7) is 8.25. The number of nitrogens with zero attached hydrogens (tertiary/aromatic N) is 2. The number of carbonyl (C=O) groups is 1. The summed E-state index contributed by atoms with van der Waals surface area (Å²) in [6.07, 6.45) is 1.84. The number of hydrogen-bond acceptors (Lipinski definition) is 2. The molecule has 18 heavy (non-hydrogen) atoms. The molecule has 3 nitrogen and oxygen atoms in total. The van der Waals surface area contributed by atoms with Gasteiger partial charge in [0.1, 0.15) is 6.54 Å². The Hall–Kier alpha value is -1.90. The highest BCUT2D eigenvalue weighted by Crippen LogP contribution is 2.17. The van der Waals surface area contributed by atoms with Gasteiger partial charge in [0.15, 0.2) is 5.78 Å². The van der Waals surface area contributed by atoms with Gasteiger partial charge in [0.2, 0.25) is 0 Å². The number of ketones is 1. The molecule has 3 heteroatoms. The normalized spacial score (nSPS) is 10.7. The fraction of sp³-hybridized carbons (Fsp3) is 0.333. The Morgan fingerprint density at radius 2 is 1.78 bits per heavy atom. The van der Waals surface area contributed by atoms with Gasteiger partial charge in [-0.3, -0.25) is 9.48 Å². The van der Waals surface area contributed by atoms with Crippen molar-refractivity contribution in [2.24, 2.45) is 0 Å². The van der Waals surface area contributed by atoms with Crippen LogP contribution in [0.15, 0.2) is 24.4 Å². The maximum Gasteiger partial charge on any atom is 0.184 e. The number of Topliss-reactive ketones (excluding diaryl/α,β-unsaturated/α-hetero) is 1. The van der Waals surface area contributed by atoms with Crippen molar-refractivity contribution in [1.82, 2.24) is 9.78 Å². The van der Waals surface area contributed by atoms with Crippen molar-refractivity contribution in [3.8, 4) is 0 Å². The Morgan fingerprint density at radius 1 is 1.17 bits per heavy atom. The summed E-state index contributed by atoms with van der Waals surface area (Å²) in [5, 5.41) is 4.25. The zero-order valence-corrected chi connectivity index (χ0v) is 11.3. The minimum Gasteiger partial charge on any atom is -0.292 e. The monoisotopic (exact) mass is 242 g/mol. The van der Waals surface area contributed by atoms with E-state index in [0.717, 1.165) is 22.4 Å². The second-order valence-electron chi connectivity index (χ2n) is 4.85. The first-order valence-electron chi connectivity index (χ1n) is 6.08. The van der Waals surface area contributed by atoms with Gasteiger partial charge in [-0.15, -0.1) is 0 Å². The average molecular weight is 242 g/mol. The first-order chi connectivity index (χ1) is 8.47. The minimum atomic E-state index is 0.119. The molecule has 0 bridgehead atoms. The quantitative estimate of drug-likeness (QED) is 0.775. The first-order valence-corrected chi connectivity index (χ1v) is 6.08. The lowest BCUT2D eigenvalue weighted by Crippen LogP contribution is -2.14. The molecule has 0 aliphatic carbocycles. The fourth-order valence-electron chi connectivity index (χ4n) is 2.40. The molecule has 0 aliphatic rings. The van der Waals surface area contributed by atoms with Crippen LogP contribution in [0.3, 0.4) is 0 Å². The molecule has 2 rings (SSSR count). The van der Waals surface area contributed by atoms with Crippen molar-refractivity contribution in [2.75, 3.05) is 0 Å². The maximum atomic E-state index is 12.3. The van der Waals surface area contributed by atoms with Crippen LogP contribution in [0.5, 0.6) is 0 Å². The van der Waals surface area contributed by atoms with Crippen LogP contribution in [0.25, 0.3) is 0 Å². The molecule has 1 heterocycles. The van der Waals surface area contributed by atoms with Crippen molar-refractivity contribution in [3.63, 3.8) is 0 Å². The van der Waals surface area contributed by atoms with E-state index in [2.05, 4.69) is 17.2 Å². The van der Waals surface area contributed by atoms with Crippen LogP contribution in [-0.2, 0) is 6.54 Å². The van der Waals surface area contributed by atoms with E-state index in [0.29, 0.717) is 6.54 Å². The summed E-state index contributed by atoms with van der Waals surface area (Å²) in [5.74, 6) is 0.119. The lowest BCUT2D eigenvalue weighted by molar-refractivity contribution is 0.0966. The minimum absolute atomic E-state index is 0.119. The average Bonchev–Trinajstić information content (AvgIpc) is 2.62. The smallest absolute Gasteiger partial charge is 0.184 e. The number of rotatable bonds is 3. The number of hydrogen-bond donors (Lipinski definition) is 0. The van der Waals surface area contributed by atoms with Crippen molar-refractivity contribution in [2.45, 2.75) is 34.2 Å². The number of aromatic nitrogens is 2. The highest BCUT2D eigenvalue weighted by molar-refractivity contribution is 5.98. The Kier molecular flexibility index (Phi) is 3.32. The van der Waals surface area contributed by atoms with E-state index in [1.165, 1.54) is 5.56 Å². The van der Waals surface area contributed by atoms with E-state index in [4.69, 9.17) is 0 Å². The molecular weight excluding hydrogens is 224 g/mol. The van der Waals surface area contributed by atoms with Gasteiger partial charge in [-0.25, -0.2) is 0 Å². The molecule has 1 aromatic carbocycles. The van der Waals surface area contributed by atoms with Gasteiger partial charge in [-0.1, -0.05) is 17.7 Å². The third-order valence-corrected chi connectivity index (χ3v) is 3.04. The van der Waals surface area contributed by atoms with Gasteiger partial charge in [-0.2, -0.15) is 5.10 Å². The van der Waals surface area contributed by atoms with Gasteiger partial charge in [0.25, 0.3) is 0 Å². The van der Waals surface area contributed by atoms with Gasteiger partial charge in [0.05, 0.1) is 5.69 Å². The molecule has 0 spiro atoms. The van der Waals surface area contributed by atoms with Crippen molar-refractivity contribution >= 4 is 5.78 Å². The fourth-order valence-corrected chi connectivity index (χ4v) is 2.40. The van der Waals surface area contributed by atoms with Crippen LogP contribution in [-0.4, -0.2) is 15.6 Å². The molecule has 2 aromatic rings.